The Morgan fingerprint density at radius 3 is 0.866 bits per heavy atom. The Labute approximate surface area is 779 Å². The van der Waals surface area contributed by atoms with Crippen molar-refractivity contribution in [1.82, 2.24) is 58.6 Å². The van der Waals surface area contributed by atoms with Gasteiger partial charge in [0.1, 0.15) is 0 Å². The summed E-state index contributed by atoms with van der Waals surface area (Å²) < 4.78 is 14.5. The summed E-state index contributed by atoms with van der Waals surface area (Å²) in [5.74, 6) is 5.76. The van der Waals surface area contributed by atoms with Gasteiger partial charge in [-0.05, 0) is 118 Å². The van der Waals surface area contributed by atoms with Crippen molar-refractivity contribution in [2.75, 3.05) is 0 Å². The van der Waals surface area contributed by atoms with Crippen LogP contribution in [0.25, 0.3) is 256 Å². The maximum atomic E-state index is 5.15. The Kier molecular flexibility index (Phi) is 18.9. The summed E-state index contributed by atoms with van der Waals surface area (Å²) in [6.45, 7) is 0. The summed E-state index contributed by atoms with van der Waals surface area (Å²) in [7, 11) is 0. The fourth-order valence-electron chi connectivity index (χ4n) is 19.2. The molecular formula is C119H72N12S3. The number of fused-ring (bicyclic) bond motifs is 20. The SMILES string of the molecule is c1ccc(-c2ccc(-c3nc(-c4ccccc4)nc(-n4c5ccccc5c5cc6c(cc54)sc4ccccc46)n3)cc2)cc1.c1ccc(-c2nc(-c3ccc4ccccc4c3)nc(-n3c4ccccc4c4cc5c(cc43)sc3ccccc35)n2)cc1.c1ccc(-c2nc(-c3ccccc3)nc(-c3ccc(-n4c5ccccc5c5cc6c(cc54)sc4ccccc46)c4ccccc34)n2)cc1. The summed E-state index contributed by atoms with van der Waals surface area (Å²) in [6, 6.07) is 153. The number of nitrogens with zero attached hydrogens (tertiary/aromatic N) is 12. The highest BCUT2D eigenvalue weighted by atomic mass is 32.1. The van der Waals surface area contributed by atoms with Crippen LogP contribution in [0.5, 0.6) is 0 Å². The van der Waals surface area contributed by atoms with E-state index in [1.807, 2.05) is 149 Å². The second-order valence-corrected chi connectivity index (χ2v) is 36.7. The molecule has 134 heavy (non-hydrogen) atoms. The van der Waals surface area contributed by atoms with Crippen LogP contribution in [0.2, 0.25) is 0 Å². The average Bonchev–Trinajstić information content (AvgIpc) is 1.56. The molecule has 0 amide bonds. The van der Waals surface area contributed by atoms with E-state index in [1.165, 1.54) is 115 Å². The predicted octanol–water partition coefficient (Wildman–Crippen LogP) is 31.7. The highest BCUT2D eigenvalue weighted by molar-refractivity contribution is 7.26. The van der Waals surface area contributed by atoms with Gasteiger partial charge in [-0.15, -0.1) is 34.0 Å². The first-order valence-electron chi connectivity index (χ1n) is 44.6. The van der Waals surface area contributed by atoms with Gasteiger partial charge in [0.15, 0.2) is 40.8 Å². The monoisotopic (exact) mass is 1760 g/mol. The molecule has 0 aliphatic heterocycles. The molecule has 28 aromatic rings. The molecule has 0 fully saturated rings. The molecule has 15 heteroatoms. The van der Waals surface area contributed by atoms with Crippen LogP contribution in [0.3, 0.4) is 0 Å². The van der Waals surface area contributed by atoms with E-state index in [2.05, 4.69) is 335 Å². The Balaban J connectivity index is 0.000000105. The van der Waals surface area contributed by atoms with Gasteiger partial charge in [-0.2, -0.15) is 19.9 Å². The van der Waals surface area contributed by atoms with E-state index in [9.17, 15) is 0 Å². The van der Waals surface area contributed by atoms with E-state index in [1.54, 1.807) is 0 Å². The summed E-state index contributed by atoms with van der Waals surface area (Å²) in [4.78, 5) is 45.5. The minimum atomic E-state index is 0.604. The fourth-order valence-corrected chi connectivity index (χ4v) is 22.6. The van der Waals surface area contributed by atoms with Gasteiger partial charge < -0.3 is 4.57 Å². The van der Waals surface area contributed by atoms with Crippen LogP contribution in [-0.2, 0) is 0 Å². The molecule has 28 rings (SSSR count). The quantitative estimate of drug-likeness (QED) is 0.124. The summed E-state index contributed by atoms with van der Waals surface area (Å²) in [5.41, 5.74) is 16.8. The van der Waals surface area contributed by atoms with Gasteiger partial charge in [-0.3, -0.25) is 9.13 Å². The first-order chi connectivity index (χ1) is 66.4. The van der Waals surface area contributed by atoms with Crippen molar-refractivity contribution < 1.29 is 0 Å². The Morgan fingerprint density at radius 1 is 0.149 bits per heavy atom. The third-order valence-electron chi connectivity index (χ3n) is 25.6. The van der Waals surface area contributed by atoms with Crippen molar-refractivity contribution in [2.45, 2.75) is 0 Å². The second kappa shape index (κ2) is 32.5. The molecule has 0 aliphatic rings. The zero-order valence-electron chi connectivity index (χ0n) is 71.7. The average molecular weight is 1770 g/mol. The number of benzene rings is 19. The van der Waals surface area contributed by atoms with E-state index in [-0.39, 0.29) is 0 Å². The molecule has 9 aromatic heterocycles. The van der Waals surface area contributed by atoms with E-state index in [0.717, 1.165) is 88.4 Å². The Hall–Kier alpha value is -17.2. The maximum absolute atomic E-state index is 5.15. The van der Waals surface area contributed by atoms with Gasteiger partial charge in [-0.1, -0.05) is 346 Å². The van der Waals surface area contributed by atoms with E-state index < -0.39 is 0 Å². The van der Waals surface area contributed by atoms with E-state index in [0.29, 0.717) is 52.7 Å². The van der Waals surface area contributed by atoms with Crippen LogP contribution in [0.1, 0.15) is 0 Å². The standard InChI is InChI=1S/C43H26N4S.C39H24N4S.C37H22N4S/c1-3-13-27(14-4-1)41-44-42(28-15-5-2-6-16-28)46-43(45-41)33-23-24-37(30-18-8-7-17-29(30)33)47-36-21-11-9-19-31(36)34-25-35-32-20-10-12-22-39(32)48-40(35)26-38(34)47;1-3-11-25(12-4-1)26-19-21-28(22-20-26)38-40-37(27-13-5-2-6-14-27)41-39(42-38)43-33-17-9-7-15-29(33)31-23-32-30-16-8-10-18-35(30)44-36(32)24-34(31)43;1-2-11-24(12-3-1)35-38-36(26-19-18-23-10-4-5-13-25(23)20-26)40-37(39-35)41-31-16-8-6-14-27(31)29-21-30-28-15-7-9-17-33(28)42-34(30)22-32(29)41/h1-26H;1-24H;1-22H. The number of hydrogen-bond acceptors (Lipinski definition) is 12. The van der Waals surface area contributed by atoms with Gasteiger partial charge in [-0.25, -0.2) is 24.9 Å². The molecule has 0 aliphatic carbocycles. The first kappa shape index (κ1) is 77.9. The van der Waals surface area contributed by atoms with Gasteiger partial charge >= 0.3 is 0 Å². The zero-order valence-corrected chi connectivity index (χ0v) is 74.1. The highest BCUT2D eigenvalue weighted by Gasteiger charge is 2.26. The molecule has 0 saturated carbocycles. The van der Waals surface area contributed by atoms with Gasteiger partial charge in [0.05, 0.1) is 38.8 Å². The molecule has 9 heterocycles. The van der Waals surface area contributed by atoms with Gasteiger partial charge in [0.25, 0.3) is 0 Å². The van der Waals surface area contributed by atoms with Crippen LogP contribution >= 0.6 is 34.0 Å². The molecule has 0 atom stereocenters. The van der Waals surface area contributed by atoms with Crippen LogP contribution < -0.4 is 0 Å². The fraction of sp³-hybridized carbons (Fsp3) is 0. The van der Waals surface area contributed by atoms with Crippen LogP contribution in [0.4, 0.5) is 0 Å². The van der Waals surface area contributed by atoms with Crippen molar-refractivity contribution in [1.29, 1.82) is 0 Å². The molecule has 0 bridgehead atoms. The molecule has 0 saturated heterocycles. The minimum Gasteiger partial charge on any atom is -0.309 e. The lowest BCUT2D eigenvalue weighted by molar-refractivity contribution is 0.953. The number of thiophene rings is 3. The van der Waals surface area contributed by atoms with Crippen molar-refractivity contribution in [3.8, 4) is 108 Å². The largest absolute Gasteiger partial charge is 0.309 e. The van der Waals surface area contributed by atoms with Gasteiger partial charge in [0.2, 0.25) is 11.9 Å². The number of aromatic nitrogens is 12. The van der Waals surface area contributed by atoms with Crippen molar-refractivity contribution in [2.24, 2.45) is 0 Å². The van der Waals surface area contributed by atoms with Crippen molar-refractivity contribution >= 4 is 181 Å². The summed E-state index contributed by atoms with van der Waals surface area (Å²) >= 11 is 5.51. The van der Waals surface area contributed by atoms with Gasteiger partial charge in [0, 0.05) is 137 Å². The first-order valence-corrected chi connectivity index (χ1v) is 47.1. The maximum Gasteiger partial charge on any atom is 0.238 e. The third kappa shape index (κ3) is 13.6. The lowest BCUT2D eigenvalue weighted by Gasteiger charge is -2.15. The smallest absolute Gasteiger partial charge is 0.238 e. The Bertz CT molecular complexity index is 9460. The summed E-state index contributed by atoms with van der Waals surface area (Å²) in [5, 5.41) is 19.6. The zero-order chi connectivity index (χ0) is 88.3. The molecule has 0 radical (unpaired) electrons. The molecule has 12 nitrogen and oxygen atoms in total. The molecule has 0 spiro atoms. The molecule has 0 N–H and O–H groups in total. The molecular weight excluding hydrogens is 1690 g/mol. The van der Waals surface area contributed by atoms with E-state index in [4.69, 9.17) is 44.9 Å². The highest BCUT2D eigenvalue weighted by Crippen LogP contribution is 2.47. The number of para-hydroxylation sites is 3. The molecule has 0 unspecified atom stereocenters. The number of hydrogen-bond donors (Lipinski definition) is 0. The second-order valence-electron chi connectivity index (χ2n) is 33.5. The van der Waals surface area contributed by atoms with Crippen LogP contribution in [-0.4, -0.2) is 58.6 Å². The summed E-state index contributed by atoms with van der Waals surface area (Å²) in [6.07, 6.45) is 0. The van der Waals surface area contributed by atoms with Crippen LogP contribution in [0, 0.1) is 0 Å². The lowest BCUT2D eigenvalue weighted by atomic mass is 10.0. The topological polar surface area (TPSA) is 131 Å². The van der Waals surface area contributed by atoms with Crippen molar-refractivity contribution in [3.63, 3.8) is 0 Å². The van der Waals surface area contributed by atoms with Crippen LogP contribution in [0.15, 0.2) is 437 Å². The number of rotatable bonds is 11. The lowest BCUT2D eigenvalue weighted by Crippen LogP contribution is -2.06. The normalized spacial score (nSPS) is 11.7. The molecule has 19 aromatic carbocycles. The predicted molar refractivity (Wildman–Crippen MR) is 560 cm³/mol. The van der Waals surface area contributed by atoms with E-state index >= 15 is 0 Å². The minimum absolute atomic E-state index is 0.604. The van der Waals surface area contributed by atoms with Crippen molar-refractivity contribution in [3.05, 3.63) is 437 Å². The Morgan fingerprint density at radius 2 is 0.440 bits per heavy atom. The third-order valence-corrected chi connectivity index (χ3v) is 29.0. The molecule has 626 valence electrons.